The summed E-state index contributed by atoms with van der Waals surface area (Å²) < 4.78 is 0. The summed E-state index contributed by atoms with van der Waals surface area (Å²) in [6.45, 7) is 0.952. The molecule has 1 aliphatic heterocycles. The van der Waals surface area contributed by atoms with E-state index >= 15 is 0 Å². The number of anilines is 2. The first-order valence-corrected chi connectivity index (χ1v) is 7.49. The summed E-state index contributed by atoms with van der Waals surface area (Å²) in [4.78, 5) is 19.8. The van der Waals surface area contributed by atoms with Crippen molar-refractivity contribution < 1.29 is 0 Å². The number of nitrogens with zero attached hydrogens (tertiary/aromatic N) is 5. The molecular weight excluding hydrogens is 264 g/mol. The molecular formula is C15H18N6. The molecule has 6 nitrogen and oxygen atoms in total. The minimum Gasteiger partial charge on any atom is -0.368 e. The number of nitrogen functional groups attached to an aromatic ring is 1. The molecule has 108 valence electrons. The van der Waals surface area contributed by atoms with Gasteiger partial charge in [-0.25, -0.2) is 0 Å². The molecule has 1 saturated carbocycles. The smallest absolute Gasteiger partial charge is 0.230 e. The highest BCUT2D eigenvalue weighted by Crippen LogP contribution is 2.40. The topological polar surface area (TPSA) is 80.8 Å². The Labute approximate surface area is 123 Å². The van der Waals surface area contributed by atoms with Crippen LogP contribution < -0.4 is 10.6 Å². The highest BCUT2D eigenvalue weighted by atomic mass is 15.3. The molecule has 0 bridgehead atoms. The second-order valence-corrected chi connectivity index (χ2v) is 5.76. The first-order chi connectivity index (χ1) is 10.3. The Morgan fingerprint density at radius 2 is 2.05 bits per heavy atom. The Morgan fingerprint density at radius 1 is 1.14 bits per heavy atom. The predicted molar refractivity (Wildman–Crippen MR) is 79.8 cm³/mol. The molecule has 1 atom stereocenters. The summed E-state index contributed by atoms with van der Waals surface area (Å²) in [6, 6.07) is 4.37. The number of pyridine rings is 1. The van der Waals surface area contributed by atoms with Crippen molar-refractivity contribution in [2.45, 2.75) is 37.6 Å². The van der Waals surface area contributed by atoms with Crippen LogP contribution >= 0.6 is 0 Å². The molecule has 1 aliphatic carbocycles. The predicted octanol–water partition coefficient (Wildman–Crippen LogP) is 2.07. The standard InChI is InChI=1S/C15H18N6/c16-14-18-13(10-5-6-10)19-15(20-14)21-8-2-4-12(21)11-3-1-7-17-9-11/h1,3,7,9-10,12H,2,4-6,8H2,(H2,16,18,19,20). The number of aromatic nitrogens is 4. The second kappa shape index (κ2) is 4.95. The van der Waals surface area contributed by atoms with Crippen LogP contribution in [0.4, 0.5) is 11.9 Å². The van der Waals surface area contributed by atoms with Crippen LogP contribution in [0.25, 0.3) is 0 Å². The van der Waals surface area contributed by atoms with Crippen LogP contribution in [0.3, 0.4) is 0 Å². The van der Waals surface area contributed by atoms with Crippen molar-refractivity contribution in [2.75, 3.05) is 17.2 Å². The Kier molecular flexibility index (Phi) is 2.94. The van der Waals surface area contributed by atoms with E-state index in [4.69, 9.17) is 5.73 Å². The summed E-state index contributed by atoms with van der Waals surface area (Å²) in [5.74, 6) is 2.39. The van der Waals surface area contributed by atoms with Gasteiger partial charge in [-0.2, -0.15) is 15.0 Å². The molecule has 2 aliphatic rings. The van der Waals surface area contributed by atoms with Gasteiger partial charge in [0, 0.05) is 24.9 Å². The highest BCUT2D eigenvalue weighted by molar-refractivity contribution is 5.41. The summed E-state index contributed by atoms with van der Waals surface area (Å²) >= 11 is 0. The molecule has 0 radical (unpaired) electrons. The first-order valence-electron chi connectivity index (χ1n) is 7.49. The molecule has 2 aromatic rings. The minimum atomic E-state index is 0.285. The van der Waals surface area contributed by atoms with Crippen molar-refractivity contribution in [3.8, 4) is 0 Å². The number of rotatable bonds is 3. The lowest BCUT2D eigenvalue weighted by Crippen LogP contribution is -2.26. The van der Waals surface area contributed by atoms with Crippen LogP contribution in [0, 0.1) is 0 Å². The first kappa shape index (κ1) is 12.5. The van der Waals surface area contributed by atoms with Gasteiger partial charge in [0.15, 0.2) is 0 Å². The van der Waals surface area contributed by atoms with Gasteiger partial charge in [-0.3, -0.25) is 4.98 Å². The van der Waals surface area contributed by atoms with E-state index in [2.05, 4.69) is 30.9 Å². The van der Waals surface area contributed by atoms with Gasteiger partial charge in [-0.05, 0) is 37.3 Å². The number of hydrogen-bond acceptors (Lipinski definition) is 6. The van der Waals surface area contributed by atoms with Crippen molar-refractivity contribution in [1.29, 1.82) is 0 Å². The fourth-order valence-corrected chi connectivity index (χ4v) is 2.98. The number of nitrogens with two attached hydrogens (primary N) is 1. The maximum absolute atomic E-state index is 5.88. The van der Waals surface area contributed by atoms with E-state index in [1.165, 1.54) is 5.56 Å². The molecule has 2 N–H and O–H groups in total. The fraction of sp³-hybridized carbons (Fsp3) is 0.467. The van der Waals surface area contributed by atoms with Crippen LogP contribution in [0.15, 0.2) is 24.5 Å². The summed E-state index contributed by atoms with van der Waals surface area (Å²) in [5.41, 5.74) is 7.09. The second-order valence-electron chi connectivity index (χ2n) is 5.76. The zero-order valence-electron chi connectivity index (χ0n) is 11.8. The third-order valence-electron chi connectivity index (χ3n) is 4.18. The molecule has 0 aromatic carbocycles. The van der Waals surface area contributed by atoms with Crippen molar-refractivity contribution in [3.05, 3.63) is 35.9 Å². The third-order valence-corrected chi connectivity index (χ3v) is 4.18. The maximum Gasteiger partial charge on any atom is 0.230 e. The van der Waals surface area contributed by atoms with Gasteiger partial charge in [0.2, 0.25) is 11.9 Å². The van der Waals surface area contributed by atoms with E-state index in [0.717, 1.165) is 44.0 Å². The van der Waals surface area contributed by atoms with Crippen LogP contribution in [-0.4, -0.2) is 26.5 Å². The Morgan fingerprint density at radius 3 is 2.81 bits per heavy atom. The van der Waals surface area contributed by atoms with Crippen LogP contribution in [0.1, 0.15) is 49.0 Å². The zero-order valence-corrected chi connectivity index (χ0v) is 11.8. The molecule has 0 spiro atoms. The quantitative estimate of drug-likeness (QED) is 0.928. The Balaban J connectivity index is 1.68. The minimum absolute atomic E-state index is 0.285. The fourth-order valence-electron chi connectivity index (χ4n) is 2.98. The average Bonchev–Trinajstić information content (AvgIpc) is 3.24. The third kappa shape index (κ3) is 2.41. The number of hydrogen-bond donors (Lipinski definition) is 1. The molecule has 6 heteroatoms. The van der Waals surface area contributed by atoms with E-state index in [1.807, 2.05) is 12.3 Å². The lowest BCUT2D eigenvalue weighted by molar-refractivity contribution is 0.691. The molecule has 21 heavy (non-hydrogen) atoms. The van der Waals surface area contributed by atoms with Crippen molar-refractivity contribution in [2.24, 2.45) is 0 Å². The van der Waals surface area contributed by atoms with Crippen LogP contribution in [0.2, 0.25) is 0 Å². The highest BCUT2D eigenvalue weighted by Gasteiger charge is 2.32. The van der Waals surface area contributed by atoms with E-state index in [9.17, 15) is 0 Å². The largest absolute Gasteiger partial charge is 0.368 e. The van der Waals surface area contributed by atoms with Crippen molar-refractivity contribution in [1.82, 2.24) is 19.9 Å². The molecule has 2 aromatic heterocycles. The van der Waals surface area contributed by atoms with Crippen LogP contribution in [-0.2, 0) is 0 Å². The van der Waals surface area contributed by atoms with Gasteiger partial charge in [-0.1, -0.05) is 6.07 Å². The Bertz CT molecular complexity index is 640. The van der Waals surface area contributed by atoms with E-state index in [-0.39, 0.29) is 6.04 Å². The lowest BCUT2D eigenvalue weighted by Gasteiger charge is -2.25. The van der Waals surface area contributed by atoms with Gasteiger partial charge in [-0.15, -0.1) is 0 Å². The van der Waals surface area contributed by atoms with Gasteiger partial charge < -0.3 is 10.6 Å². The Hall–Kier alpha value is -2.24. The van der Waals surface area contributed by atoms with E-state index in [0.29, 0.717) is 11.9 Å². The van der Waals surface area contributed by atoms with E-state index in [1.54, 1.807) is 6.20 Å². The van der Waals surface area contributed by atoms with E-state index < -0.39 is 0 Å². The SMILES string of the molecule is Nc1nc(C2CC2)nc(N2CCCC2c2cccnc2)n1. The van der Waals surface area contributed by atoms with Gasteiger partial charge in [0.1, 0.15) is 5.82 Å². The molecule has 0 amide bonds. The normalized spacial score (nSPS) is 21.7. The molecule has 4 rings (SSSR count). The van der Waals surface area contributed by atoms with Crippen LogP contribution in [0.5, 0.6) is 0 Å². The lowest BCUT2D eigenvalue weighted by atomic mass is 10.1. The average molecular weight is 282 g/mol. The summed E-state index contributed by atoms with van der Waals surface area (Å²) in [5, 5.41) is 0. The summed E-state index contributed by atoms with van der Waals surface area (Å²) in [6.07, 6.45) is 8.27. The molecule has 3 heterocycles. The van der Waals surface area contributed by atoms with Crippen molar-refractivity contribution >= 4 is 11.9 Å². The molecule has 2 fully saturated rings. The van der Waals surface area contributed by atoms with Gasteiger partial charge >= 0.3 is 0 Å². The van der Waals surface area contributed by atoms with Gasteiger partial charge in [0.25, 0.3) is 0 Å². The van der Waals surface area contributed by atoms with Gasteiger partial charge in [0.05, 0.1) is 6.04 Å². The van der Waals surface area contributed by atoms with Crippen molar-refractivity contribution in [3.63, 3.8) is 0 Å². The maximum atomic E-state index is 5.88. The molecule has 1 unspecified atom stereocenters. The summed E-state index contributed by atoms with van der Waals surface area (Å²) in [7, 11) is 0. The zero-order chi connectivity index (χ0) is 14.2. The molecule has 1 saturated heterocycles. The monoisotopic (exact) mass is 282 g/mol.